The van der Waals surface area contributed by atoms with Crippen LogP contribution in [0.4, 0.5) is 11.4 Å². The maximum Gasteiger partial charge on any atom is 0.229 e. The third kappa shape index (κ3) is 9.06. The van der Waals surface area contributed by atoms with Crippen molar-refractivity contribution in [2.45, 2.75) is 25.7 Å². The highest BCUT2D eigenvalue weighted by atomic mass is 35.5. The summed E-state index contributed by atoms with van der Waals surface area (Å²) in [5.41, 5.74) is 2.79. The number of aryl methyl sites for hydroxylation is 1. The van der Waals surface area contributed by atoms with E-state index in [0.717, 1.165) is 69.6 Å². The normalized spacial score (nSPS) is 14.0. The second-order valence-electron chi connectivity index (χ2n) is 8.22. The molecule has 0 unspecified atom stereocenters. The van der Waals surface area contributed by atoms with E-state index in [1.807, 2.05) is 30.3 Å². The van der Waals surface area contributed by atoms with Crippen LogP contribution in [0.25, 0.3) is 0 Å². The van der Waals surface area contributed by atoms with E-state index < -0.39 is 10.0 Å². The Hall–Kier alpha value is -1.87. The maximum absolute atomic E-state index is 11.6. The molecule has 0 aliphatic carbocycles. The van der Waals surface area contributed by atoms with Gasteiger partial charge in [0, 0.05) is 26.2 Å². The number of ether oxygens (including phenoxy) is 2. The molecule has 7 nitrogen and oxygen atoms in total. The Morgan fingerprint density at radius 1 is 0.882 bits per heavy atom. The second-order valence-corrected chi connectivity index (χ2v) is 9.97. The van der Waals surface area contributed by atoms with Crippen LogP contribution in [0.15, 0.2) is 42.5 Å². The first-order valence-corrected chi connectivity index (χ1v) is 13.0. The Morgan fingerprint density at radius 3 is 2.21 bits per heavy atom. The molecule has 192 valence electrons. The van der Waals surface area contributed by atoms with E-state index in [1.165, 1.54) is 12.1 Å². The molecule has 0 amide bonds. The van der Waals surface area contributed by atoms with Crippen LogP contribution in [0.3, 0.4) is 0 Å². The lowest BCUT2D eigenvalue weighted by molar-refractivity contribution is 0.251. The van der Waals surface area contributed by atoms with Crippen molar-refractivity contribution >= 4 is 46.2 Å². The molecule has 0 spiro atoms. The number of unbranched alkanes of at least 4 members (excludes halogenated alkanes) is 2. The largest absolute Gasteiger partial charge is 0.495 e. The number of anilines is 2. The van der Waals surface area contributed by atoms with Crippen molar-refractivity contribution in [3.63, 3.8) is 0 Å². The van der Waals surface area contributed by atoms with Gasteiger partial charge in [0.05, 0.1) is 31.9 Å². The van der Waals surface area contributed by atoms with Gasteiger partial charge >= 0.3 is 0 Å². The number of nitrogens with zero attached hydrogens (tertiary/aromatic N) is 2. The molecule has 0 bridgehead atoms. The van der Waals surface area contributed by atoms with E-state index >= 15 is 0 Å². The summed E-state index contributed by atoms with van der Waals surface area (Å²) in [7, 11) is -0.0733. The number of halogens is 2. The van der Waals surface area contributed by atoms with Crippen LogP contribution >= 0.6 is 24.8 Å². The Balaban J connectivity index is 0.00000289. The van der Waals surface area contributed by atoms with Crippen molar-refractivity contribution in [2.24, 2.45) is 0 Å². The topological polar surface area (TPSA) is 71.1 Å². The van der Waals surface area contributed by atoms with Gasteiger partial charge in [0.15, 0.2) is 0 Å². The lowest BCUT2D eigenvalue weighted by atomic mass is 10.1. The molecule has 1 fully saturated rings. The average Bonchev–Trinajstić information content (AvgIpc) is 2.78. The van der Waals surface area contributed by atoms with E-state index in [2.05, 4.69) is 26.7 Å². The number of para-hydroxylation sites is 2. The molecule has 2 aromatic carbocycles. The summed E-state index contributed by atoms with van der Waals surface area (Å²) in [6.07, 6.45) is 5.46. The fourth-order valence-corrected chi connectivity index (χ4v) is 4.69. The van der Waals surface area contributed by atoms with E-state index in [-0.39, 0.29) is 24.8 Å². The van der Waals surface area contributed by atoms with Crippen molar-refractivity contribution < 1.29 is 17.9 Å². The average molecular weight is 535 g/mol. The van der Waals surface area contributed by atoms with Crippen LogP contribution in [0.1, 0.15) is 24.8 Å². The first-order chi connectivity index (χ1) is 15.4. The number of piperazine rings is 1. The van der Waals surface area contributed by atoms with E-state index in [4.69, 9.17) is 9.47 Å². The SMILES string of the molecule is COc1ccc(CCCCCN2CCN(c3ccccc3OC)CC2)cc1NS(C)(=O)=O.Cl.Cl. The number of hydrogen-bond donors (Lipinski definition) is 1. The molecular formula is C24H37Cl2N3O4S. The molecule has 1 aliphatic heterocycles. The van der Waals surface area contributed by atoms with Crippen LogP contribution in [-0.4, -0.2) is 66.5 Å². The van der Waals surface area contributed by atoms with Gasteiger partial charge in [-0.3, -0.25) is 9.62 Å². The van der Waals surface area contributed by atoms with Gasteiger partial charge in [-0.2, -0.15) is 0 Å². The first-order valence-electron chi connectivity index (χ1n) is 11.1. The minimum atomic E-state index is -3.34. The summed E-state index contributed by atoms with van der Waals surface area (Å²) in [5, 5.41) is 0. The zero-order valence-corrected chi connectivity index (χ0v) is 22.6. The summed E-state index contributed by atoms with van der Waals surface area (Å²) in [5.74, 6) is 1.47. The Kier molecular flexibility index (Phi) is 12.9. The van der Waals surface area contributed by atoms with E-state index in [9.17, 15) is 8.42 Å². The molecule has 0 atom stereocenters. The standard InChI is InChI=1S/C24H35N3O4S.2ClH/c1-30-23-13-12-20(19-21(23)25-32(3,28)29)9-5-4-8-14-26-15-17-27(18-16-26)22-10-6-7-11-24(22)31-2;;/h6-7,10-13,19,25H,4-5,8-9,14-18H2,1-3H3;2*1H. The maximum atomic E-state index is 11.6. The fraction of sp³-hybridized carbons (Fsp3) is 0.500. The van der Waals surface area contributed by atoms with Gasteiger partial charge in [0.2, 0.25) is 10.0 Å². The highest BCUT2D eigenvalue weighted by molar-refractivity contribution is 7.92. The fourth-order valence-electron chi connectivity index (χ4n) is 4.13. The van der Waals surface area contributed by atoms with Crippen LogP contribution in [0.5, 0.6) is 11.5 Å². The third-order valence-corrected chi connectivity index (χ3v) is 6.39. The van der Waals surface area contributed by atoms with Gasteiger partial charge in [-0.15, -0.1) is 24.8 Å². The van der Waals surface area contributed by atoms with Crippen molar-refractivity contribution in [3.05, 3.63) is 48.0 Å². The van der Waals surface area contributed by atoms with Gasteiger partial charge in [-0.1, -0.05) is 24.6 Å². The molecule has 1 aliphatic rings. The Morgan fingerprint density at radius 2 is 1.56 bits per heavy atom. The minimum absolute atomic E-state index is 0. The lowest BCUT2D eigenvalue weighted by Crippen LogP contribution is -2.46. The third-order valence-electron chi connectivity index (χ3n) is 5.80. The number of nitrogens with one attached hydrogen (secondary N) is 1. The number of benzene rings is 2. The highest BCUT2D eigenvalue weighted by Crippen LogP contribution is 2.29. The molecule has 1 N–H and O–H groups in total. The molecule has 0 aromatic heterocycles. The predicted octanol–water partition coefficient (Wildman–Crippen LogP) is 4.45. The molecule has 34 heavy (non-hydrogen) atoms. The van der Waals surface area contributed by atoms with Crippen LogP contribution < -0.4 is 19.1 Å². The molecule has 10 heteroatoms. The van der Waals surface area contributed by atoms with Gasteiger partial charge < -0.3 is 14.4 Å². The zero-order chi connectivity index (χ0) is 23.0. The molecule has 0 saturated carbocycles. The molecule has 2 aromatic rings. The highest BCUT2D eigenvalue weighted by Gasteiger charge is 2.19. The quantitative estimate of drug-likeness (QED) is 0.430. The monoisotopic (exact) mass is 533 g/mol. The molecule has 1 heterocycles. The van der Waals surface area contributed by atoms with Crippen LogP contribution in [0, 0.1) is 0 Å². The van der Waals surface area contributed by atoms with Crippen molar-refractivity contribution in [3.8, 4) is 11.5 Å². The number of methoxy groups -OCH3 is 2. The van der Waals surface area contributed by atoms with Crippen molar-refractivity contribution in [1.29, 1.82) is 0 Å². The zero-order valence-electron chi connectivity index (χ0n) is 20.2. The van der Waals surface area contributed by atoms with Gasteiger partial charge in [-0.05, 0) is 55.6 Å². The van der Waals surface area contributed by atoms with Gasteiger partial charge in [0.1, 0.15) is 11.5 Å². The first kappa shape index (κ1) is 30.2. The van der Waals surface area contributed by atoms with Gasteiger partial charge in [0.25, 0.3) is 0 Å². The summed E-state index contributed by atoms with van der Waals surface area (Å²) in [4.78, 5) is 4.94. The summed E-state index contributed by atoms with van der Waals surface area (Å²) >= 11 is 0. The predicted molar refractivity (Wildman–Crippen MR) is 145 cm³/mol. The van der Waals surface area contributed by atoms with E-state index in [1.54, 1.807) is 14.2 Å². The molecule has 1 saturated heterocycles. The van der Waals surface area contributed by atoms with Crippen LogP contribution in [-0.2, 0) is 16.4 Å². The molecular weight excluding hydrogens is 497 g/mol. The van der Waals surface area contributed by atoms with E-state index in [0.29, 0.717) is 11.4 Å². The van der Waals surface area contributed by atoms with Crippen molar-refractivity contribution in [1.82, 2.24) is 4.90 Å². The summed E-state index contributed by atoms with van der Waals surface area (Å²) in [6, 6.07) is 13.9. The number of rotatable bonds is 11. The molecule has 3 rings (SSSR count). The second kappa shape index (κ2) is 14.5. The summed E-state index contributed by atoms with van der Waals surface area (Å²) in [6.45, 7) is 5.28. The number of sulfonamides is 1. The van der Waals surface area contributed by atoms with Gasteiger partial charge in [-0.25, -0.2) is 8.42 Å². The number of hydrogen-bond acceptors (Lipinski definition) is 6. The summed E-state index contributed by atoms with van der Waals surface area (Å²) < 4.78 is 36.5. The Bertz CT molecular complexity index is 984. The van der Waals surface area contributed by atoms with Crippen molar-refractivity contribution in [2.75, 3.05) is 62.8 Å². The van der Waals surface area contributed by atoms with Crippen LogP contribution in [0.2, 0.25) is 0 Å². The lowest BCUT2D eigenvalue weighted by Gasteiger charge is -2.36. The smallest absolute Gasteiger partial charge is 0.229 e. The Labute approximate surface area is 216 Å². The minimum Gasteiger partial charge on any atom is -0.495 e. The molecule has 0 radical (unpaired) electrons.